The van der Waals surface area contributed by atoms with Crippen molar-refractivity contribution in [1.82, 2.24) is 0 Å². The molecular weight excluding hydrogens is 455 g/mol. The molecule has 0 saturated carbocycles. The Labute approximate surface area is 206 Å². The number of benzene rings is 2. The number of unbranched alkanes of at least 4 members (excludes halogenated alkanes) is 4. The molecule has 0 aliphatic rings. The Morgan fingerprint density at radius 2 is 1.54 bits per heavy atom. The van der Waals surface area contributed by atoms with Gasteiger partial charge in [-0.15, -0.1) is 0 Å². The summed E-state index contributed by atoms with van der Waals surface area (Å²) in [4.78, 5) is 4.34. The van der Waals surface area contributed by atoms with Crippen molar-refractivity contribution in [2.75, 3.05) is 20.3 Å². The second-order valence-corrected chi connectivity index (χ2v) is 8.45. The number of rotatable bonds is 14. The predicted octanol–water partition coefficient (Wildman–Crippen LogP) is 7.74. The van der Waals surface area contributed by atoms with Crippen LogP contribution in [0.3, 0.4) is 0 Å². The van der Waals surface area contributed by atoms with E-state index in [0.29, 0.717) is 13.2 Å². The summed E-state index contributed by atoms with van der Waals surface area (Å²) in [6.45, 7) is 7.27. The van der Waals surface area contributed by atoms with E-state index in [1.165, 1.54) is 12.1 Å². The molecule has 0 bridgehead atoms. The summed E-state index contributed by atoms with van der Waals surface area (Å²) in [7, 11) is 1.11. The van der Waals surface area contributed by atoms with E-state index in [2.05, 4.69) is 9.99 Å². The van der Waals surface area contributed by atoms with Crippen molar-refractivity contribution in [3.63, 3.8) is 0 Å². The second-order valence-electron chi connectivity index (χ2n) is 8.45. The van der Waals surface area contributed by atoms with E-state index in [0.717, 1.165) is 73.8 Å². The number of nitrogens with zero attached hydrogens (tertiary/aromatic N) is 1. The maximum Gasteiger partial charge on any atom is 0.437 e. The summed E-state index contributed by atoms with van der Waals surface area (Å²) < 4.78 is 50.9. The summed E-state index contributed by atoms with van der Waals surface area (Å²) in [5.74, 6) is 1.78. The molecule has 0 aromatic heterocycles. The molecule has 2 aromatic rings. The van der Waals surface area contributed by atoms with Crippen LogP contribution >= 0.6 is 0 Å². The number of aryl methyl sites for hydroxylation is 3. The zero-order valence-electron chi connectivity index (χ0n) is 21.1. The van der Waals surface area contributed by atoms with Crippen LogP contribution in [0.5, 0.6) is 11.5 Å². The minimum atomic E-state index is -4.55. The number of ether oxygens (including phenoxy) is 2. The summed E-state index contributed by atoms with van der Waals surface area (Å²) in [6, 6.07) is 10.4. The van der Waals surface area contributed by atoms with Crippen LogP contribution in [0, 0.1) is 13.8 Å². The van der Waals surface area contributed by atoms with Gasteiger partial charge in [-0.25, -0.2) is 0 Å². The highest BCUT2D eigenvalue weighted by atomic mass is 19.4. The van der Waals surface area contributed by atoms with Crippen molar-refractivity contribution in [1.29, 1.82) is 0 Å². The molecule has 0 spiro atoms. The first kappa shape index (κ1) is 28.3. The molecular formula is C28H36F3NO3. The van der Waals surface area contributed by atoms with Gasteiger partial charge in [0.05, 0.1) is 6.61 Å². The molecule has 0 heterocycles. The molecule has 2 aromatic carbocycles. The lowest BCUT2D eigenvalue weighted by atomic mass is 10.0. The van der Waals surface area contributed by atoms with Gasteiger partial charge >= 0.3 is 6.18 Å². The Morgan fingerprint density at radius 1 is 0.914 bits per heavy atom. The Bertz CT molecular complexity index is 943. The summed E-state index contributed by atoms with van der Waals surface area (Å²) in [5.41, 5.74) is 2.14. The third kappa shape index (κ3) is 9.67. The maximum atomic E-state index is 13.0. The number of halogens is 3. The lowest BCUT2D eigenvalue weighted by molar-refractivity contribution is -0.0608. The van der Waals surface area contributed by atoms with Gasteiger partial charge in [0.2, 0.25) is 0 Å². The average molecular weight is 492 g/mol. The van der Waals surface area contributed by atoms with Crippen LogP contribution in [0.1, 0.15) is 61.3 Å². The molecule has 0 saturated heterocycles. The van der Waals surface area contributed by atoms with E-state index < -0.39 is 11.9 Å². The van der Waals surface area contributed by atoms with Crippen molar-refractivity contribution in [3.8, 4) is 11.5 Å². The monoisotopic (exact) mass is 491 g/mol. The first-order valence-electron chi connectivity index (χ1n) is 12.0. The van der Waals surface area contributed by atoms with Crippen molar-refractivity contribution in [3.05, 3.63) is 70.8 Å². The molecule has 0 fully saturated rings. The predicted molar refractivity (Wildman–Crippen MR) is 135 cm³/mol. The van der Waals surface area contributed by atoms with Crippen LogP contribution < -0.4 is 9.47 Å². The van der Waals surface area contributed by atoms with E-state index in [9.17, 15) is 13.2 Å². The zero-order valence-corrected chi connectivity index (χ0v) is 21.1. The normalized spacial score (nSPS) is 12.3. The minimum Gasteiger partial charge on any atom is -0.493 e. The topological polar surface area (TPSA) is 40.0 Å². The molecule has 35 heavy (non-hydrogen) atoms. The fourth-order valence-electron chi connectivity index (χ4n) is 3.79. The van der Waals surface area contributed by atoms with Gasteiger partial charge in [-0.2, -0.15) is 13.2 Å². The van der Waals surface area contributed by atoms with Crippen molar-refractivity contribution in [2.24, 2.45) is 5.16 Å². The third-order valence-electron chi connectivity index (χ3n) is 5.55. The van der Waals surface area contributed by atoms with Crippen LogP contribution in [-0.4, -0.2) is 32.2 Å². The molecule has 0 atom stereocenters. The minimum absolute atomic E-state index is 0.00406. The highest BCUT2D eigenvalue weighted by Crippen LogP contribution is 2.29. The van der Waals surface area contributed by atoms with Gasteiger partial charge in [0, 0.05) is 5.56 Å². The summed E-state index contributed by atoms with van der Waals surface area (Å²) in [6.07, 6.45) is 5.42. The Balaban J connectivity index is 1.67. The first-order valence-corrected chi connectivity index (χ1v) is 12.0. The Kier molecular flexibility index (Phi) is 11.7. The molecule has 2 rings (SSSR count). The van der Waals surface area contributed by atoms with Crippen LogP contribution in [-0.2, 0) is 11.3 Å². The molecule has 0 amide bonds. The number of hydrogen-bond acceptors (Lipinski definition) is 4. The number of oxime groups is 1. The summed E-state index contributed by atoms with van der Waals surface area (Å²) in [5, 5.41) is 3.13. The highest BCUT2D eigenvalue weighted by Gasteiger charge is 2.37. The van der Waals surface area contributed by atoms with E-state index in [1.807, 2.05) is 45.1 Å². The van der Waals surface area contributed by atoms with Crippen molar-refractivity contribution < 1.29 is 27.5 Å². The molecule has 192 valence electrons. The Hall–Kier alpha value is -2.96. The molecule has 0 radical (unpaired) electrons. The van der Waals surface area contributed by atoms with Gasteiger partial charge in [-0.1, -0.05) is 60.8 Å². The lowest BCUT2D eigenvalue weighted by Gasteiger charge is -2.14. The standard InChI is InChI=1S/C28H36F3NO3/c1-5-6-17-34-25-19-21(2)26(22(3)20-25)35-18-11-9-7-8-10-12-23-13-15-24(16-14-23)27(32-33-4)28(29,30)31/h5-6,13-16,19-20H,7-12,17-18H2,1-4H3/b6-5+,32-27?. The molecule has 4 nitrogen and oxygen atoms in total. The zero-order chi connectivity index (χ0) is 25.7. The third-order valence-corrected chi connectivity index (χ3v) is 5.55. The van der Waals surface area contributed by atoms with Crippen molar-refractivity contribution in [2.45, 2.75) is 65.5 Å². The summed E-state index contributed by atoms with van der Waals surface area (Å²) >= 11 is 0. The van der Waals surface area contributed by atoms with Crippen LogP contribution in [0.25, 0.3) is 0 Å². The quantitative estimate of drug-likeness (QED) is 0.117. The number of hydrogen-bond donors (Lipinski definition) is 0. The fraction of sp³-hybridized carbons (Fsp3) is 0.464. The van der Waals surface area contributed by atoms with E-state index in [1.54, 1.807) is 12.1 Å². The second kappa shape index (κ2) is 14.4. The van der Waals surface area contributed by atoms with Crippen molar-refractivity contribution >= 4 is 5.71 Å². The van der Waals surface area contributed by atoms with Crippen LogP contribution in [0.2, 0.25) is 0 Å². The van der Waals surface area contributed by atoms with Gasteiger partial charge in [0.1, 0.15) is 25.2 Å². The lowest BCUT2D eigenvalue weighted by Crippen LogP contribution is -2.24. The van der Waals surface area contributed by atoms with E-state index in [-0.39, 0.29) is 5.56 Å². The van der Waals surface area contributed by atoms with Crippen LogP contribution in [0.4, 0.5) is 13.2 Å². The van der Waals surface area contributed by atoms with Gasteiger partial charge < -0.3 is 14.3 Å². The smallest absolute Gasteiger partial charge is 0.437 e. The number of alkyl halides is 3. The largest absolute Gasteiger partial charge is 0.493 e. The fourth-order valence-corrected chi connectivity index (χ4v) is 3.79. The highest BCUT2D eigenvalue weighted by molar-refractivity contribution is 6.04. The SMILES string of the molecule is C/C=C/COc1cc(C)c(OCCCCCCCc2ccc(C(=NOC)C(F)(F)F)cc2)c(C)c1. The molecule has 7 heteroatoms. The van der Waals surface area contributed by atoms with E-state index in [4.69, 9.17) is 9.47 Å². The molecule has 0 aliphatic heterocycles. The first-order chi connectivity index (χ1) is 16.8. The molecule has 0 N–H and O–H groups in total. The van der Waals surface area contributed by atoms with Gasteiger partial charge in [0.15, 0.2) is 5.71 Å². The van der Waals surface area contributed by atoms with Gasteiger partial charge in [0.25, 0.3) is 0 Å². The average Bonchev–Trinajstić information content (AvgIpc) is 2.80. The molecule has 0 unspecified atom stereocenters. The van der Waals surface area contributed by atoms with Gasteiger partial charge in [-0.05, 0) is 68.9 Å². The van der Waals surface area contributed by atoms with E-state index >= 15 is 0 Å². The number of allylic oxidation sites excluding steroid dienone is 1. The van der Waals surface area contributed by atoms with Gasteiger partial charge in [-0.3, -0.25) is 0 Å². The maximum absolute atomic E-state index is 13.0. The Morgan fingerprint density at radius 3 is 2.14 bits per heavy atom. The molecule has 0 aliphatic carbocycles. The van der Waals surface area contributed by atoms with Crippen LogP contribution in [0.15, 0.2) is 53.7 Å².